The highest BCUT2D eigenvalue weighted by Crippen LogP contribution is 2.33. The van der Waals surface area contributed by atoms with Crippen LogP contribution in [-0.2, 0) is 11.2 Å². The lowest BCUT2D eigenvalue weighted by Gasteiger charge is -2.31. The Hall–Kier alpha value is -2.88. The third-order valence-electron chi connectivity index (χ3n) is 5.76. The first-order chi connectivity index (χ1) is 13.8. The number of rotatable bonds is 6. The fourth-order valence-corrected chi connectivity index (χ4v) is 4.40. The number of carbonyl (C=O) groups excluding carboxylic acids is 1. The molecule has 0 unspecified atom stereocenters. The maximum absolute atomic E-state index is 13.1. The first kappa shape index (κ1) is 18.5. The number of aromatic nitrogens is 2. The topological polar surface area (TPSA) is 38.1 Å². The first-order valence-electron chi connectivity index (χ1n) is 10.2. The number of likely N-dealkylation sites (tertiary alicyclic amines) is 1. The van der Waals surface area contributed by atoms with Crippen molar-refractivity contribution in [1.29, 1.82) is 0 Å². The van der Waals surface area contributed by atoms with Crippen LogP contribution in [0.15, 0.2) is 73.1 Å². The Morgan fingerprint density at radius 3 is 2.54 bits per heavy atom. The number of para-hydroxylation sites is 1. The van der Waals surface area contributed by atoms with Crippen molar-refractivity contribution >= 4 is 5.91 Å². The largest absolute Gasteiger partial charge is 0.339 e. The molecule has 0 N–H and O–H groups in total. The Labute approximate surface area is 166 Å². The van der Waals surface area contributed by atoms with Gasteiger partial charge in [-0.1, -0.05) is 55.5 Å². The molecule has 4 rings (SSSR count). The minimum atomic E-state index is 0.212. The second-order valence-electron chi connectivity index (χ2n) is 7.53. The van der Waals surface area contributed by atoms with Crippen LogP contribution in [-0.4, -0.2) is 33.2 Å². The van der Waals surface area contributed by atoms with Crippen LogP contribution in [0.4, 0.5) is 0 Å². The molecule has 1 fully saturated rings. The van der Waals surface area contributed by atoms with Gasteiger partial charge in [0.05, 0.1) is 18.3 Å². The minimum Gasteiger partial charge on any atom is -0.339 e. The van der Waals surface area contributed by atoms with Crippen LogP contribution < -0.4 is 0 Å². The Morgan fingerprint density at radius 1 is 1.11 bits per heavy atom. The lowest BCUT2D eigenvalue weighted by molar-refractivity contribution is -0.131. The fraction of sp³-hybridized carbons (Fsp3) is 0.333. The molecule has 28 heavy (non-hydrogen) atoms. The first-order valence-corrected chi connectivity index (χ1v) is 10.2. The smallest absolute Gasteiger partial charge is 0.227 e. The predicted octanol–water partition coefficient (Wildman–Crippen LogP) is 4.60. The number of benzene rings is 2. The summed E-state index contributed by atoms with van der Waals surface area (Å²) < 4.78 is 1.84. The molecular weight excluding hydrogens is 346 g/mol. The third-order valence-corrected chi connectivity index (χ3v) is 5.76. The van der Waals surface area contributed by atoms with E-state index in [1.165, 1.54) is 5.56 Å². The molecule has 1 aromatic heterocycles. The minimum absolute atomic E-state index is 0.212. The normalized spacial score (nSPS) is 17.6. The van der Waals surface area contributed by atoms with Crippen LogP contribution in [0.1, 0.15) is 43.2 Å². The van der Waals surface area contributed by atoms with Crippen molar-refractivity contribution in [2.45, 2.75) is 44.6 Å². The third kappa shape index (κ3) is 3.86. The molecule has 1 aliphatic heterocycles. The fourth-order valence-electron chi connectivity index (χ4n) is 4.40. The van der Waals surface area contributed by atoms with Gasteiger partial charge in [-0.25, -0.2) is 4.68 Å². The van der Waals surface area contributed by atoms with Crippen LogP contribution in [0.3, 0.4) is 0 Å². The average Bonchev–Trinajstić information content (AvgIpc) is 3.40. The average molecular weight is 373 g/mol. The summed E-state index contributed by atoms with van der Waals surface area (Å²) in [5.74, 6) is 0.615. The Balaban J connectivity index is 1.47. The van der Waals surface area contributed by atoms with Crippen LogP contribution in [0.25, 0.3) is 5.69 Å². The summed E-state index contributed by atoms with van der Waals surface area (Å²) in [5.41, 5.74) is 3.31. The van der Waals surface area contributed by atoms with Gasteiger partial charge in [0.1, 0.15) is 0 Å². The van der Waals surface area contributed by atoms with Gasteiger partial charge in [0.2, 0.25) is 5.91 Å². The molecule has 0 saturated carbocycles. The van der Waals surface area contributed by atoms with E-state index in [-0.39, 0.29) is 5.91 Å². The Bertz CT molecular complexity index is 904. The molecule has 4 nitrogen and oxygen atoms in total. The highest BCUT2D eigenvalue weighted by Gasteiger charge is 2.34. The van der Waals surface area contributed by atoms with E-state index in [1.54, 1.807) is 0 Å². The zero-order valence-corrected chi connectivity index (χ0v) is 16.4. The molecule has 2 atom stereocenters. The van der Waals surface area contributed by atoms with E-state index in [4.69, 9.17) is 0 Å². The van der Waals surface area contributed by atoms with Gasteiger partial charge in [-0.3, -0.25) is 4.79 Å². The van der Waals surface area contributed by atoms with Gasteiger partial charge >= 0.3 is 0 Å². The van der Waals surface area contributed by atoms with Gasteiger partial charge in [-0.05, 0) is 42.5 Å². The van der Waals surface area contributed by atoms with Crippen molar-refractivity contribution in [3.8, 4) is 5.69 Å². The van der Waals surface area contributed by atoms with E-state index in [0.29, 0.717) is 18.4 Å². The zero-order valence-electron chi connectivity index (χ0n) is 16.4. The molecule has 2 heterocycles. The lowest BCUT2D eigenvalue weighted by atomic mass is 9.87. The summed E-state index contributed by atoms with van der Waals surface area (Å²) in [6.45, 7) is 3.09. The molecule has 1 aliphatic rings. The molecule has 1 amide bonds. The molecule has 144 valence electrons. The van der Waals surface area contributed by atoms with Gasteiger partial charge in [0, 0.05) is 24.7 Å². The molecule has 0 spiro atoms. The summed E-state index contributed by atoms with van der Waals surface area (Å²) in [6.07, 6.45) is 7.40. The molecular formula is C24H27N3O. The molecule has 4 heteroatoms. The van der Waals surface area contributed by atoms with E-state index in [9.17, 15) is 4.79 Å². The molecule has 2 aromatic carbocycles. The monoisotopic (exact) mass is 373 g/mol. The van der Waals surface area contributed by atoms with Crippen molar-refractivity contribution in [1.82, 2.24) is 14.7 Å². The zero-order chi connectivity index (χ0) is 19.3. The van der Waals surface area contributed by atoms with Crippen molar-refractivity contribution in [2.75, 3.05) is 6.54 Å². The van der Waals surface area contributed by atoms with Gasteiger partial charge in [-0.15, -0.1) is 0 Å². The Kier molecular flexibility index (Phi) is 5.56. The predicted molar refractivity (Wildman–Crippen MR) is 111 cm³/mol. The second-order valence-corrected chi connectivity index (χ2v) is 7.53. The van der Waals surface area contributed by atoms with Crippen LogP contribution in [0, 0.1) is 0 Å². The molecule has 0 bridgehead atoms. The summed E-state index contributed by atoms with van der Waals surface area (Å²) in [5, 5.41) is 4.43. The number of hydrogen-bond donors (Lipinski definition) is 0. The lowest BCUT2D eigenvalue weighted by Crippen LogP contribution is -2.40. The van der Waals surface area contributed by atoms with Crippen molar-refractivity contribution in [3.05, 3.63) is 84.2 Å². The molecule has 0 radical (unpaired) electrons. The molecule has 0 aliphatic carbocycles. The summed E-state index contributed by atoms with van der Waals surface area (Å²) in [7, 11) is 0. The van der Waals surface area contributed by atoms with Crippen LogP contribution in [0.5, 0.6) is 0 Å². The highest BCUT2D eigenvalue weighted by atomic mass is 16.2. The van der Waals surface area contributed by atoms with E-state index < -0.39 is 0 Å². The molecule has 3 aromatic rings. The van der Waals surface area contributed by atoms with Crippen molar-refractivity contribution < 1.29 is 4.79 Å². The van der Waals surface area contributed by atoms with E-state index in [0.717, 1.165) is 37.1 Å². The van der Waals surface area contributed by atoms with Gasteiger partial charge in [-0.2, -0.15) is 5.10 Å². The molecule has 1 saturated heterocycles. The number of carbonyl (C=O) groups is 1. The second kappa shape index (κ2) is 8.42. The van der Waals surface area contributed by atoms with Gasteiger partial charge in [0.25, 0.3) is 0 Å². The van der Waals surface area contributed by atoms with Crippen LogP contribution in [0.2, 0.25) is 0 Å². The van der Waals surface area contributed by atoms with Gasteiger partial charge in [0.15, 0.2) is 0 Å². The van der Waals surface area contributed by atoms with E-state index >= 15 is 0 Å². The summed E-state index contributed by atoms with van der Waals surface area (Å²) in [6, 6.07) is 20.9. The highest BCUT2D eigenvalue weighted by molar-refractivity contribution is 5.79. The van der Waals surface area contributed by atoms with E-state index in [1.807, 2.05) is 47.4 Å². The summed E-state index contributed by atoms with van der Waals surface area (Å²) >= 11 is 0. The quantitative estimate of drug-likeness (QED) is 0.633. The van der Waals surface area contributed by atoms with E-state index in [2.05, 4.69) is 47.3 Å². The standard InChI is InChI=1S/C24H27N3O/c1-2-22(20-10-5-3-6-11-20)23-14-9-15-26(23)24(28)16-19-17-25-27(18-19)21-12-7-4-8-13-21/h3-8,10-13,17-18,22-23H,2,9,14-16H2,1H3/t22-,23-/m1/s1. The maximum Gasteiger partial charge on any atom is 0.227 e. The summed E-state index contributed by atoms with van der Waals surface area (Å²) in [4.78, 5) is 15.2. The number of nitrogens with zero attached hydrogens (tertiary/aromatic N) is 3. The number of amides is 1. The van der Waals surface area contributed by atoms with Crippen molar-refractivity contribution in [2.24, 2.45) is 0 Å². The van der Waals surface area contributed by atoms with Gasteiger partial charge < -0.3 is 4.90 Å². The number of hydrogen-bond acceptors (Lipinski definition) is 2. The Morgan fingerprint density at radius 2 is 1.82 bits per heavy atom. The SMILES string of the molecule is CC[C@H](c1ccccc1)[C@H]1CCCN1C(=O)Cc1cnn(-c2ccccc2)c1. The van der Waals surface area contributed by atoms with Crippen LogP contribution >= 0.6 is 0 Å². The van der Waals surface area contributed by atoms with Crippen molar-refractivity contribution in [3.63, 3.8) is 0 Å². The maximum atomic E-state index is 13.1.